The summed E-state index contributed by atoms with van der Waals surface area (Å²) in [6.45, 7) is 0. The van der Waals surface area contributed by atoms with Gasteiger partial charge in [-0.1, -0.05) is 30.3 Å². The van der Waals surface area contributed by atoms with Crippen LogP contribution in [0.1, 0.15) is 5.56 Å². The van der Waals surface area contributed by atoms with Gasteiger partial charge in [-0.05, 0) is 23.9 Å². The second-order valence-corrected chi connectivity index (χ2v) is 4.83. The van der Waals surface area contributed by atoms with Gasteiger partial charge in [0.15, 0.2) is 10.2 Å². The van der Waals surface area contributed by atoms with Crippen molar-refractivity contribution >= 4 is 45.8 Å². The number of amides is 1. The maximum absolute atomic E-state index is 11.6. The number of carbonyl (C=O) groups is 1. The Hall–Kier alpha value is -2.05. The zero-order chi connectivity index (χ0) is 13.5. The molecule has 0 aliphatic carbocycles. The fourth-order valence-corrected chi connectivity index (χ4v) is 2.10. The molecule has 0 unspecified atom stereocenters. The molecule has 2 rings (SSSR count). The molecule has 2 aromatic rings. The normalized spacial score (nSPS) is 10.3. The van der Waals surface area contributed by atoms with Gasteiger partial charge in [0.25, 0.3) is 0 Å². The summed E-state index contributed by atoms with van der Waals surface area (Å²) in [5.74, 6) is -0.280. The number of thiocarbonyl (C=S) groups is 1. The van der Waals surface area contributed by atoms with Crippen LogP contribution in [0.2, 0.25) is 0 Å². The summed E-state index contributed by atoms with van der Waals surface area (Å²) in [6, 6.07) is 9.56. The zero-order valence-electron chi connectivity index (χ0n) is 9.87. The van der Waals surface area contributed by atoms with Crippen molar-refractivity contribution in [2.75, 3.05) is 5.32 Å². The Bertz CT molecular complexity index is 579. The highest BCUT2D eigenvalue weighted by molar-refractivity contribution is 7.80. The number of hydrogen-bond donors (Lipinski definition) is 2. The van der Waals surface area contributed by atoms with Gasteiger partial charge in [-0.15, -0.1) is 11.3 Å². The van der Waals surface area contributed by atoms with E-state index in [2.05, 4.69) is 15.6 Å². The Morgan fingerprint density at radius 3 is 2.79 bits per heavy atom. The van der Waals surface area contributed by atoms with Crippen LogP contribution in [0.15, 0.2) is 48.0 Å². The summed E-state index contributed by atoms with van der Waals surface area (Å²) >= 11 is 6.41. The molecule has 4 nitrogen and oxygen atoms in total. The van der Waals surface area contributed by atoms with Crippen LogP contribution in [-0.4, -0.2) is 16.0 Å². The minimum atomic E-state index is -0.280. The third-order valence-corrected chi connectivity index (χ3v) is 3.01. The third kappa shape index (κ3) is 4.61. The minimum Gasteiger partial charge on any atom is -0.308 e. The molecule has 0 fully saturated rings. The van der Waals surface area contributed by atoms with Gasteiger partial charge < -0.3 is 5.32 Å². The van der Waals surface area contributed by atoms with E-state index in [-0.39, 0.29) is 11.0 Å². The standard InChI is InChI=1S/C13H11N3OS2/c17-11(7-6-10-4-2-1-3-5-10)15-12(18)16-13-14-8-9-19-13/h1-9H,(H2,14,15,16,17,18)/b7-6-. The van der Waals surface area contributed by atoms with Crippen molar-refractivity contribution in [3.63, 3.8) is 0 Å². The molecule has 1 aromatic carbocycles. The van der Waals surface area contributed by atoms with Crippen molar-refractivity contribution in [3.8, 4) is 0 Å². The molecule has 6 heteroatoms. The number of nitrogens with zero attached hydrogens (tertiary/aromatic N) is 1. The largest absolute Gasteiger partial charge is 0.308 e. The Morgan fingerprint density at radius 2 is 2.11 bits per heavy atom. The van der Waals surface area contributed by atoms with E-state index in [1.54, 1.807) is 12.3 Å². The maximum atomic E-state index is 11.6. The molecular weight excluding hydrogens is 278 g/mol. The smallest absolute Gasteiger partial charge is 0.250 e. The van der Waals surface area contributed by atoms with Crippen LogP contribution in [0.3, 0.4) is 0 Å². The molecule has 1 heterocycles. The minimum absolute atomic E-state index is 0.234. The van der Waals surface area contributed by atoms with Crippen LogP contribution in [0.5, 0.6) is 0 Å². The lowest BCUT2D eigenvalue weighted by Crippen LogP contribution is -2.32. The summed E-state index contributed by atoms with van der Waals surface area (Å²) in [6.07, 6.45) is 4.82. The van der Waals surface area contributed by atoms with E-state index >= 15 is 0 Å². The second-order valence-electron chi connectivity index (χ2n) is 3.52. The molecule has 19 heavy (non-hydrogen) atoms. The topological polar surface area (TPSA) is 54.0 Å². The number of carbonyl (C=O) groups excluding carboxylic acids is 1. The predicted molar refractivity (Wildman–Crippen MR) is 82.0 cm³/mol. The fraction of sp³-hybridized carbons (Fsp3) is 0. The lowest BCUT2D eigenvalue weighted by Gasteiger charge is -2.04. The van der Waals surface area contributed by atoms with Gasteiger partial charge in [-0.3, -0.25) is 10.1 Å². The van der Waals surface area contributed by atoms with E-state index in [9.17, 15) is 4.79 Å². The van der Waals surface area contributed by atoms with Gasteiger partial charge in [0.05, 0.1) is 0 Å². The highest BCUT2D eigenvalue weighted by Crippen LogP contribution is 2.09. The molecule has 96 valence electrons. The average Bonchev–Trinajstić information content (AvgIpc) is 2.90. The molecule has 0 saturated heterocycles. The van der Waals surface area contributed by atoms with E-state index in [0.717, 1.165) is 5.56 Å². The Labute approximate surface area is 120 Å². The lowest BCUT2D eigenvalue weighted by atomic mass is 10.2. The summed E-state index contributed by atoms with van der Waals surface area (Å²) in [5.41, 5.74) is 0.955. The van der Waals surface area contributed by atoms with Crippen LogP contribution in [0.4, 0.5) is 5.13 Å². The number of aromatic nitrogens is 1. The molecule has 0 spiro atoms. The first-order valence-corrected chi connectivity index (χ1v) is 6.77. The van der Waals surface area contributed by atoms with E-state index in [4.69, 9.17) is 12.2 Å². The number of benzene rings is 1. The average molecular weight is 289 g/mol. The number of anilines is 1. The van der Waals surface area contributed by atoms with Crippen LogP contribution in [-0.2, 0) is 4.79 Å². The third-order valence-electron chi connectivity index (χ3n) is 2.12. The van der Waals surface area contributed by atoms with Gasteiger partial charge >= 0.3 is 0 Å². The zero-order valence-corrected chi connectivity index (χ0v) is 11.5. The molecule has 0 aliphatic rings. The van der Waals surface area contributed by atoms with Crippen LogP contribution in [0.25, 0.3) is 6.08 Å². The molecule has 0 bridgehead atoms. The van der Waals surface area contributed by atoms with Gasteiger partial charge in [-0.2, -0.15) is 0 Å². The van der Waals surface area contributed by atoms with Gasteiger partial charge in [0, 0.05) is 17.7 Å². The van der Waals surface area contributed by atoms with Crippen molar-refractivity contribution < 1.29 is 4.79 Å². The molecule has 0 saturated carbocycles. The molecule has 1 aromatic heterocycles. The highest BCUT2D eigenvalue weighted by atomic mass is 32.1. The van der Waals surface area contributed by atoms with Gasteiger partial charge in [-0.25, -0.2) is 4.98 Å². The van der Waals surface area contributed by atoms with E-state index in [1.807, 2.05) is 35.7 Å². The number of rotatable bonds is 3. The van der Waals surface area contributed by atoms with E-state index in [1.165, 1.54) is 17.4 Å². The van der Waals surface area contributed by atoms with Crippen LogP contribution in [0, 0.1) is 0 Å². The van der Waals surface area contributed by atoms with Crippen LogP contribution < -0.4 is 10.6 Å². The predicted octanol–water partition coefficient (Wildman–Crippen LogP) is 2.67. The van der Waals surface area contributed by atoms with Gasteiger partial charge in [0.2, 0.25) is 5.91 Å². The molecular formula is C13H11N3OS2. The monoisotopic (exact) mass is 289 g/mol. The fourth-order valence-electron chi connectivity index (χ4n) is 1.30. The molecule has 0 aliphatic heterocycles. The first kappa shape index (κ1) is 13.4. The summed E-state index contributed by atoms with van der Waals surface area (Å²) in [7, 11) is 0. The molecule has 0 atom stereocenters. The van der Waals surface area contributed by atoms with Crippen molar-refractivity contribution in [2.45, 2.75) is 0 Å². The van der Waals surface area contributed by atoms with Crippen molar-refractivity contribution in [2.24, 2.45) is 0 Å². The number of hydrogen-bond acceptors (Lipinski definition) is 4. The quantitative estimate of drug-likeness (QED) is 0.674. The van der Waals surface area contributed by atoms with E-state index in [0.29, 0.717) is 5.13 Å². The number of thiazole rings is 1. The molecule has 0 radical (unpaired) electrons. The van der Waals surface area contributed by atoms with E-state index < -0.39 is 0 Å². The molecule has 2 N–H and O–H groups in total. The summed E-state index contributed by atoms with van der Waals surface area (Å²) in [4.78, 5) is 15.6. The highest BCUT2D eigenvalue weighted by Gasteiger charge is 2.02. The Kier molecular flexibility index (Phi) is 4.77. The first-order valence-electron chi connectivity index (χ1n) is 5.48. The Morgan fingerprint density at radius 1 is 1.32 bits per heavy atom. The second kappa shape index (κ2) is 6.77. The van der Waals surface area contributed by atoms with Crippen molar-refractivity contribution in [1.82, 2.24) is 10.3 Å². The maximum Gasteiger partial charge on any atom is 0.250 e. The van der Waals surface area contributed by atoms with Gasteiger partial charge in [0.1, 0.15) is 0 Å². The Balaban J connectivity index is 1.84. The SMILES string of the molecule is O=C(/C=C\c1ccccc1)NC(=S)Nc1nccs1. The van der Waals surface area contributed by atoms with Crippen LogP contribution >= 0.6 is 23.6 Å². The number of nitrogens with one attached hydrogen (secondary N) is 2. The lowest BCUT2D eigenvalue weighted by molar-refractivity contribution is -0.115. The first-order chi connectivity index (χ1) is 9.24. The summed E-state index contributed by atoms with van der Waals surface area (Å²) < 4.78 is 0. The molecule has 1 amide bonds. The van der Waals surface area contributed by atoms with Crippen molar-refractivity contribution in [3.05, 3.63) is 53.5 Å². The van der Waals surface area contributed by atoms with Crippen molar-refractivity contribution in [1.29, 1.82) is 0 Å². The summed E-state index contributed by atoms with van der Waals surface area (Å²) in [5, 5.41) is 8.08.